The molecule has 1 saturated carbocycles. The smallest absolute Gasteiger partial charge is 0.321 e. The molecule has 1 aliphatic rings. The molecule has 0 spiro atoms. The third kappa shape index (κ3) is 7.15. The molecule has 19 heavy (non-hydrogen) atoms. The highest BCUT2D eigenvalue weighted by Crippen LogP contribution is 2.17. The Morgan fingerprint density at radius 1 is 1.21 bits per heavy atom. The van der Waals surface area contributed by atoms with Crippen molar-refractivity contribution in [3.63, 3.8) is 0 Å². The maximum atomic E-state index is 11.7. The first kappa shape index (κ1) is 16.0. The average Bonchev–Trinajstić information content (AvgIpc) is 2.37. The molecule has 1 fully saturated rings. The maximum Gasteiger partial charge on any atom is 0.321 e. The Labute approximate surface area is 116 Å². The lowest BCUT2D eigenvalue weighted by Crippen LogP contribution is -2.47. The van der Waals surface area contributed by atoms with E-state index in [1.807, 2.05) is 11.9 Å². The van der Waals surface area contributed by atoms with Crippen LogP contribution in [0.4, 0.5) is 4.79 Å². The molecule has 0 unspecified atom stereocenters. The van der Waals surface area contributed by atoms with Crippen molar-refractivity contribution >= 4 is 11.9 Å². The Bertz CT molecular complexity index is 288. The van der Waals surface area contributed by atoms with Crippen molar-refractivity contribution in [1.82, 2.24) is 15.5 Å². The van der Waals surface area contributed by atoms with E-state index in [2.05, 4.69) is 17.6 Å². The number of carbonyl (C=O) groups excluding carboxylic acids is 2. The Kier molecular flexibility index (Phi) is 7.48. The van der Waals surface area contributed by atoms with Gasteiger partial charge in [0, 0.05) is 6.04 Å². The van der Waals surface area contributed by atoms with Crippen LogP contribution in [0.5, 0.6) is 0 Å². The zero-order valence-corrected chi connectivity index (χ0v) is 12.2. The lowest BCUT2D eigenvalue weighted by Gasteiger charge is -2.23. The maximum absolute atomic E-state index is 11.7. The standard InChI is InChI=1S/C14H27N3O2/c1-3-4-10-17(2)11-13(18)16-14(19)15-12-8-6-5-7-9-12/h12H,3-11H2,1-2H3,(H2,15,16,18,19). The summed E-state index contributed by atoms with van der Waals surface area (Å²) in [5.74, 6) is -0.230. The molecule has 0 bridgehead atoms. The van der Waals surface area contributed by atoms with Gasteiger partial charge in [0.1, 0.15) is 0 Å². The largest absolute Gasteiger partial charge is 0.335 e. The van der Waals surface area contributed by atoms with E-state index in [-0.39, 0.29) is 24.5 Å². The van der Waals surface area contributed by atoms with Crippen molar-refractivity contribution in [3.05, 3.63) is 0 Å². The fourth-order valence-corrected chi connectivity index (χ4v) is 2.39. The molecule has 2 N–H and O–H groups in total. The summed E-state index contributed by atoms with van der Waals surface area (Å²) in [6.45, 7) is 3.28. The van der Waals surface area contributed by atoms with E-state index in [1.165, 1.54) is 19.3 Å². The number of unbranched alkanes of at least 4 members (excludes halogenated alkanes) is 1. The summed E-state index contributed by atoms with van der Waals surface area (Å²) in [5, 5.41) is 5.28. The monoisotopic (exact) mass is 269 g/mol. The van der Waals surface area contributed by atoms with Crippen molar-refractivity contribution in [3.8, 4) is 0 Å². The number of nitrogens with one attached hydrogen (secondary N) is 2. The highest BCUT2D eigenvalue weighted by atomic mass is 16.2. The van der Waals surface area contributed by atoms with Gasteiger partial charge in [0.05, 0.1) is 6.54 Å². The molecular weight excluding hydrogens is 242 g/mol. The summed E-state index contributed by atoms with van der Waals surface area (Å²) in [7, 11) is 1.90. The number of hydrogen-bond acceptors (Lipinski definition) is 3. The number of imide groups is 1. The zero-order chi connectivity index (χ0) is 14.1. The molecule has 1 aliphatic carbocycles. The van der Waals surface area contributed by atoms with Crippen LogP contribution in [-0.2, 0) is 4.79 Å². The molecule has 5 heteroatoms. The minimum atomic E-state index is -0.346. The average molecular weight is 269 g/mol. The van der Waals surface area contributed by atoms with Crippen molar-refractivity contribution in [2.24, 2.45) is 0 Å². The number of carbonyl (C=O) groups is 2. The summed E-state index contributed by atoms with van der Waals surface area (Å²) in [5.41, 5.74) is 0. The predicted molar refractivity (Wildman–Crippen MR) is 76.0 cm³/mol. The molecule has 0 aromatic rings. The Balaban J connectivity index is 2.17. The van der Waals surface area contributed by atoms with E-state index < -0.39 is 0 Å². The third-order valence-corrected chi connectivity index (χ3v) is 3.50. The minimum Gasteiger partial charge on any atom is -0.335 e. The molecular formula is C14H27N3O2. The van der Waals surface area contributed by atoms with Crippen molar-refractivity contribution < 1.29 is 9.59 Å². The molecule has 0 aromatic heterocycles. The van der Waals surface area contributed by atoms with Crippen LogP contribution >= 0.6 is 0 Å². The second-order valence-corrected chi connectivity index (χ2v) is 5.45. The van der Waals surface area contributed by atoms with Crippen LogP contribution in [-0.4, -0.2) is 43.0 Å². The molecule has 0 aliphatic heterocycles. The van der Waals surface area contributed by atoms with Crippen LogP contribution in [0.2, 0.25) is 0 Å². The van der Waals surface area contributed by atoms with E-state index in [9.17, 15) is 9.59 Å². The van der Waals surface area contributed by atoms with E-state index in [4.69, 9.17) is 0 Å². The highest BCUT2D eigenvalue weighted by Gasteiger charge is 2.17. The first-order valence-electron chi connectivity index (χ1n) is 7.40. The Morgan fingerprint density at radius 2 is 1.89 bits per heavy atom. The van der Waals surface area contributed by atoms with Crippen molar-refractivity contribution in [2.45, 2.75) is 57.9 Å². The molecule has 110 valence electrons. The molecule has 0 heterocycles. The van der Waals surface area contributed by atoms with Gasteiger partial charge in [-0.15, -0.1) is 0 Å². The van der Waals surface area contributed by atoms with E-state index in [0.717, 1.165) is 32.2 Å². The number of amides is 3. The van der Waals surface area contributed by atoms with Crippen LogP contribution < -0.4 is 10.6 Å². The summed E-state index contributed by atoms with van der Waals surface area (Å²) in [6.07, 6.45) is 7.81. The Morgan fingerprint density at radius 3 is 2.53 bits per heavy atom. The van der Waals surface area contributed by atoms with Crippen LogP contribution in [0, 0.1) is 0 Å². The number of likely N-dealkylation sites (N-methyl/N-ethyl adjacent to an activating group) is 1. The van der Waals surface area contributed by atoms with Gasteiger partial charge >= 0.3 is 6.03 Å². The number of rotatable bonds is 6. The third-order valence-electron chi connectivity index (χ3n) is 3.50. The van der Waals surface area contributed by atoms with E-state index >= 15 is 0 Å². The summed E-state index contributed by atoms with van der Waals surface area (Å²) in [4.78, 5) is 25.2. The minimum absolute atomic E-state index is 0.230. The zero-order valence-electron chi connectivity index (χ0n) is 12.2. The molecule has 5 nitrogen and oxygen atoms in total. The van der Waals surface area contributed by atoms with Gasteiger partial charge in [0.2, 0.25) is 5.91 Å². The molecule has 3 amide bonds. The van der Waals surface area contributed by atoms with Gasteiger partial charge in [0.25, 0.3) is 0 Å². The van der Waals surface area contributed by atoms with Crippen LogP contribution in [0.3, 0.4) is 0 Å². The number of nitrogens with zero attached hydrogens (tertiary/aromatic N) is 1. The molecule has 0 radical (unpaired) electrons. The summed E-state index contributed by atoms with van der Waals surface area (Å²) >= 11 is 0. The highest BCUT2D eigenvalue weighted by molar-refractivity contribution is 5.95. The van der Waals surface area contributed by atoms with E-state index in [1.54, 1.807) is 0 Å². The van der Waals surface area contributed by atoms with Crippen LogP contribution in [0.25, 0.3) is 0 Å². The Hall–Kier alpha value is -1.10. The summed E-state index contributed by atoms with van der Waals surface area (Å²) in [6, 6.07) is -0.111. The van der Waals surface area contributed by atoms with Gasteiger partial charge in [-0.25, -0.2) is 4.79 Å². The lowest BCUT2D eigenvalue weighted by atomic mass is 9.96. The molecule has 1 rings (SSSR count). The SMILES string of the molecule is CCCCN(C)CC(=O)NC(=O)NC1CCCCC1. The van der Waals surface area contributed by atoms with Crippen LogP contribution in [0.15, 0.2) is 0 Å². The van der Waals surface area contributed by atoms with Gasteiger partial charge in [-0.3, -0.25) is 15.0 Å². The molecule has 0 saturated heterocycles. The van der Waals surface area contributed by atoms with Crippen molar-refractivity contribution in [1.29, 1.82) is 0 Å². The predicted octanol–water partition coefficient (Wildman–Crippen LogP) is 1.88. The topological polar surface area (TPSA) is 61.4 Å². The van der Waals surface area contributed by atoms with Gasteiger partial charge in [-0.2, -0.15) is 0 Å². The van der Waals surface area contributed by atoms with Gasteiger partial charge in [-0.05, 0) is 32.9 Å². The van der Waals surface area contributed by atoms with Gasteiger partial charge in [0.15, 0.2) is 0 Å². The quantitative estimate of drug-likeness (QED) is 0.774. The molecule has 0 aromatic carbocycles. The molecule has 0 atom stereocenters. The van der Waals surface area contributed by atoms with Crippen LogP contribution in [0.1, 0.15) is 51.9 Å². The lowest BCUT2D eigenvalue weighted by molar-refractivity contribution is -0.120. The number of urea groups is 1. The number of hydrogen-bond donors (Lipinski definition) is 2. The normalized spacial score (nSPS) is 16.4. The fraction of sp³-hybridized carbons (Fsp3) is 0.857. The fourth-order valence-electron chi connectivity index (χ4n) is 2.39. The summed E-state index contributed by atoms with van der Waals surface area (Å²) < 4.78 is 0. The second-order valence-electron chi connectivity index (χ2n) is 5.45. The second kappa shape index (κ2) is 8.91. The first-order chi connectivity index (χ1) is 9.11. The first-order valence-corrected chi connectivity index (χ1v) is 7.40. The van der Waals surface area contributed by atoms with Gasteiger partial charge in [-0.1, -0.05) is 32.6 Å². The van der Waals surface area contributed by atoms with Gasteiger partial charge < -0.3 is 5.32 Å². The van der Waals surface area contributed by atoms with E-state index in [0.29, 0.717) is 0 Å². The van der Waals surface area contributed by atoms with Crippen molar-refractivity contribution in [2.75, 3.05) is 20.1 Å².